The highest BCUT2D eigenvalue weighted by molar-refractivity contribution is 5.71. The van der Waals surface area contributed by atoms with Gasteiger partial charge in [-0.3, -0.25) is 9.69 Å². The summed E-state index contributed by atoms with van der Waals surface area (Å²) in [5.74, 6) is 0.563. The van der Waals surface area contributed by atoms with Gasteiger partial charge in [0.1, 0.15) is 12.2 Å². The topological polar surface area (TPSA) is 60.3 Å². The molecule has 6 nitrogen and oxygen atoms in total. The monoisotopic (exact) mass is 238 g/mol. The standard InChI is InChI=1S/C11H18N4O2/c1-4-6-15(8-11(16)17-5-2)7-10-13-12-9-14(10)3/h4,9H,1,5-8H2,2-3H3. The van der Waals surface area contributed by atoms with Gasteiger partial charge in [-0.25, -0.2) is 0 Å². The van der Waals surface area contributed by atoms with Crippen LogP contribution in [0.3, 0.4) is 0 Å². The summed E-state index contributed by atoms with van der Waals surface area (Å²) in [6.45, 7) is 7.23. The van der Waals surface area contributed by atoms with Crippen LogP contribution in [0.25, 0.3) is 0 Å². The number of esters is 1. The third-order valence-electron chi connectivity index (χ3n) is 2.22. The van der Waals surface area contributed by atoms with Gasteiger partial charge in [-0.1, -0.05) is 6.08 Å². The van der Waals surface area contributed by atoms with Gasteiger partial charge in [0.05, 0.1) is 19.7 Å². The SMILES string of the molecule is C=CCN(CC(=O)OCC)Cc1nncn1C. The van der Waals surface area contributed by atoms with E-state index in [0.717, 1.165) is 5.82 Å². The lowest BCUT2D eigenvalue weighted by Crippen LogP contribution is -2.31. The van der Waals surface area contributed by atoms with Crippen molar-refractivity contribution < 1.29 is 9.53 Å². The molecule has 0 aromatic carbocycles. The van der Waals surface area contributed by atoms with Gasteiger partial charge in [-0.05, 0) is 6.92 Å². The van der Waals surface area contributed by atoms with E-state index in [4.69, 9.17) is 4.74 Å². The Morgan fingerprint density at radius 1 is 1.71 bits per heavy atom. The highest BCUT2D eigenvalue weighted by Crippen LogP contribution is 2.00. The predicted molar refractivity (Wildman–Crippen MR) is 63.1 cm³/mol. The molecule has 0 bridgehead atoms. The quantitative estimate of drug-likeness (QED) is 0.507. The average Bonchev–Trinajstić information content (AvgIpc) is 2.65. The maximum Gasteiger partial charge on any atom is 0.320 e. The fraction of sp³-hybridized carbons (Fsp3) is 0.545. The minimum absolute atomic E-state index is 0.229. The van der Waals surface area contributed by atoms with E-state index in [9.17, 15) is 4.79 Å². The van der Waals surface area contributed by atoms with Crippen molar-refractivity contribution in [1.29, 1.82) is 0 Å². The van der Waals surface area contributed by atoms with Gasteiger partial charge in [0.15, 0.2) is 0 Å². The molecule has 0 fully saturated rings. The molecule has 0 unspecified atom stereocenters. The Morgan fingerprint density at radius 2 is 2.47 bits per heavy atom. The van der Waals surface area contributed by atoms with Gasteiger partial charge in [0.2, 0.25) is 0 Å². The van der Waals surface area contributed by atoms with E-state index in [-0.39, 0.29) is 12.5 Å². The van der Waals surface area contributed by atoms with E-state index in [2.05, 4.69) is 16.8 Å². The van der Waals surface area contributed by atoms with Gasteiger partial charge in [-0.2, -0.15) is 0 Å². The maximum absolute atomic E-state index is 11.4. The van der Waals surface area contributed by atoms with Gasteiger partial charge in [-0.15, -0.1) is 16.8 Å². The summed E-state index contributed by atoms with van der Waals surface area (Å²) in [5.41, 5.74) is 0. The van der Waals surface area contributed by atoms with Crippen molar-refractivity contribution >= 4 is 5.97 Å². The molecule has 0 N–H and O–H groups in total. The zero-order chi connectivity index (χ0) is 12.7. The number of aryl methyl sites for hydroxylation is 1. The minimum atomic E-state index is -0.239. The highest BCUT2D eigenvalue weighted by Gasteiger charge is 2.13. The molecular weight excluding hydrogens is 220 g/mol. The third-order valence-corrected chi connectivity index (χ3v) is 2.22. The second kappa shape index (κ2) is 6.80. The van der Waals surface area contributed by atoms with Crippen LogP contribution in [0.15, 0.2) is 19.0 Å². The summed E-state index contributed by atoms with van der Waals surface area (Å²) >= 11 is 0. The lowest BCUT2D eigenvalue weighted by molar-refractivity contribution is -0.144. The fourth-order valence-electron chi connectivity index (χ4n) is 1.41. The molecule has 17 heavy (non-hydrogen) atoms. The highest BCUT2D eigenvalue weighted by atomic mass is 16.5. The zero-order valence-electron chi connectivity index (χ0n) is 10.3. The van der Waals surface area contributed by atoms with Crippen LogP contribution < -0.4 is 0 Å². The molecule has 0 saturated heterocycles. The van der Waals surface area contributed by atoms with Crippen LogP contribution in [0.2, 0.25) is 0 Å². The second-order valence-electron chi connectivity index (χ2n) is 3.62. The first-order valence-electron chi connectivity index (χ1n) is 5.49. The normalized spacial score (nSPS) is 10.5. The van der Waals surface area contributed by atoms with Crippen molar-refractivity contribution in [3.8, 4) is 0 Å². The number of hydrogen-bond donors (Lipinski definition) is 0. The van der Waals surface area contributed by atoms with Gasteiger partial charge in [0, 0.05) is 13.6 Å². The maximum atomic E-state index is 11.4. The Hall–Kier alpha value is -1.69. The first-order chi connectivity index (χ1) is 8.17. The number of ether oxygens (including phenoxy) is 1. The van der Waals surface area contributed by atoms with Gasteiger partial charge < -0.3 is 9.30 Å². The molecule has 0 atom stereocenters. The molecule has 0 aliphatic heterocycles. The summed E-state index contributed by atoms with van der Waals surface area (Å²) in [5, 5.41) is 7.77. The summed E-state index contributed by atoms with van der Waals surface area (Å²) in [6.07, 6.45) is 3.38. The van der Waals surface area contributed by atoms with Crippen molar-refractivity contribution in [3.63, 3.8) is 0 Å². The van der Waals surface area contributed by atoms with Crippen molar-refractivity contribution in [1.82, 2.24) is 19.7 Å². The van der Waals surface area contributed by atoms with Crippen LogP contribution in [-0.4, -0.2) is 45.3 Å². The number of carbonyl (C=O) groups is 1. The smallest absolute Gasteiger partial charge is 0.320 e. The minimum Gasteiger partial charge on any atom is -0.465 e. The number of carbonyl (C=O) groups excluding carboxylic acids is 1. The lowest BCUT2D eigenvalue weighted by Gasteiger charge is -2.18. The summed E-state index contributed by atoms with van der Waals surface area (Å²) in [4.78, 5) is 13.3. The fourth-order valence-corrected chi connectivity index (χ4v) is 1.41. The number of rotatable bonds is 7. The van der Waals surface area contributed by atoms with Crippen LogP contribution in [-0.2, 0) is 23.1 Å². The Morgan fingerprint density at radius 3 is 3.00 bits per heavy atom. The van der Waals surface area contributed by atoms with E-state index in [1.165, 1.54) is 0 Å². The van der Waals surface area contributed by atoms with Crippen LogP contribution in [0.1, 0.15) is 12.7 Å². The van der Waals surface area contributed by atoms with Crippen molar-refractivity contribution in [2.24, 2.45) is 7.05 Å². The molecule has 1 rings (SSSR count). The Bertz CT molecular complexity index is 375. The number of aromatic nitrogens is 3. The molecule has 1 aromatic heterocycles. The first kappa shape index (κ1) is 13.4. The molecule has 0 amide bonds. The molecule has 1 heterocycles. The molecule has 94 valence electrons. The van der Waals surface area contributed by atoms with Crippen LogP contribution in [0.4, 0.5) is 0 Å². The third kappa shape index (κ3) is 4.36. The summed E-state index contributed by atoms with van der Waals surface area (Å²) < 4.78 is 6.73. The zero-order valence-corrected chi connectivity index (χ0v) is 10.3. The predicted octanol–water partition coefficient (Wildman–Crippen LogP) is 0.366. The van der Waals surface area contributed by atoms with E-state index in [1.54, 1.807) is 19.3 Å². The summed E-state index contributed by atoms with van der Waals surface area (Å²) in [6, 6.07) is 0. The van der Waals surface area contributed by atoms with E-state index >= 15 is 0 Å². The molecule has 0 radical (unpaired) electrons. The molecule has 6 heteroatoms. The lowest BCUT2D eigenvalue weighted by atomic mass is 10.4. The van der Waals surface area contributed by atoms with Crippen LogP contribution >= 0.6 is 0 Å². The van der Waals surface area contributed by atoms with Crippen LogP contribution in [0, 0.1) is 0 Å². The van der Waals surface area contributed by atoms with E-state index < -0.39 is 0 Å². The van der Waals surface area contributed by atoms with Crippen LogP contribution in [0.5, 0.6) is 0 Å². The van der Waals surface area contributed by atoms with Crippen molar-refractivity contribution in [3.05, 3.63) is 24.8 Å². The van der Waals surface area contributed by atoms with E-state index in [0.29, 0.717) is 19.7 Å². The number of hydrogen-bond acceptors (Lipinski definition) is 5. The Kier molecular flexibility index (Phi) is 5.35. The van der Waals surface area contributed by atoms with Crippen molar-refractivity contribution in [2.45, 2.75) is 13.5 Å². The largest absolute Gasteiger partial charge is 0.465 e. The molecule has 0 spiro atoms. The Balaban J connectivity index is 2.57. The van der Waals surface area contributed by atoms with E-state index in [1.807, 2.05) is 16.5 Å². The number of nitrogens with zero attached hydrogens (tertiary/aromatic N) is 4. The molecule has 0 aliphatic rings. The van der Waals surface area contributed by atoms with Crippen molar-refractivity contribution in [2.75, 3.05) is 19.7 Å². The molecule has 0 saturated carbocycles. The van der Waals surface area contributed by atoms with Gasteiger partial charge in [0.25, 0.3) is 0 Å². The molecule has 1 aromatic rings. The molecule has 0 aliphatic carbocycles. The summed E-state index contributed by atoms with van der Waals surface area (Å²) in [7, 11) is 1.87. The second-order valence-corrected chi connectivity index (χ2v) is 3.62. The molecular formula is C11H18N4O2. The first-order valence-corrected chi connectivity index (χ1v) is 5.49. The van der Waals surface area contributed by atoms with Gasteiger partial charge >= 0.3 is 5.97 Å². The average molecular weight is 238 g/mol. The Labute approximate surface area is 101 Å².